The molecule has 2 heterocycles. The number of hydrogen-bond acceptors (Lipinski definition) is 4. The van der Waals surface area contributed by atoms with Crippen LogP contribution in [0, 0.1) is 5.92 Å². The molecule has 4 rings (SSSR count). The fourth-order valence-electron chi connectivity index (χ4n) is 5.05. The van der Waals surface area contributed by atoms with Gasteiger partial charge in [-0.15, -0.1) is 0 Å². The molecule has 1 aromatic carbocycles. The highest BCUT2D eigenvalue weighted by molar-refractivity contribution is 7.89. The normalized spacial score (nSPS) is 24.7. The van der Waals surface area contributed by atoms with Crippen LogP contribution in [0.15, 0.2) is 29.2 Å². The number of hydrogen-bond donors (Lipinski definition) is 0. The summed E-state index contributed by atoms with van der Waals surface area (Å²) < 4.78 is 32.6. The molecule has 1 aromatic rings. The van der Waals surface area contributed by atoms with Crippen molar-refractivity contribution in [2.75, 3.05) is 32.8 Å². The fourth-order valence-corrected chi connectivity index (χ4v) is 6.50. The van der Waals surface area contributed by atoms with Crippen LogP contribution in [0.3, 0.4) is 0 Å². The summed E-state index contributed by atoms with van der Waals surface area (Å²) in [5, 5.41) is 0. The number of ether oxygens (including phenoxy) is 1. The van der Waals surface area contributed by atoms with E-state index in [1.807, 2.05) is 4.90 Å². The molecule has 0 bridgehead atoms. The third-order valence-electron chi connectivity index (χ3n) is 6.66. The lowest BCUT2D eigenvalue weighted by molar-refractivity contribution is 0.0710. The number of sulfonamides is 1. The van der Waals surface area contributed by atoms with Crippen molar-refractivity contribution in [3.63, 3.8) is 0 Å². The number of carbonyl (C=O) groups excluding carboxylic acids is 1. The average molecular weight is 421 g/mol. The third-order valence-corrected chi connectivity index (χ3v) is 8.55. The molecule has 3 fully saturated rings. The zero-order valence-electron chi connectivity index (χ0n) is 17.1. The molecule has 6 nitrogen and oxygen atoms in total. The molecule has 1 atom stereocenters. The van der Waals surface area contributed by atoms with Crippen molar-refractivity contribution in [2.45, 2.75) is 62.3 Å². The Morgan fingerprint density at radius 3 is 2.52 bits per heavy atom. The van der Waals surface area contributed by atoms with Crippen LogP contribution in [0.2, 0.25) is 0 Å². The van der Waals surface area contributed by atoms with Crippen molar-refractivity contribution in [3.8, 4) is 0 Å². The van der Waals surface area contributed by atoms with Gasteiger partial charge in [0.15, 0.2) is 0 Å². The lowest BCUT2D eigenvalue weighted by Crippen LogP contribution is -2.40. The Hall–Kier alpha value is -1.44. The van der Waals surface area contributed by atoms with Crippen LogP contribution in [0.4, 0.5) is 0 Å². The molecule has 29 heavy (non-hydrogen) atoms. The SMILES string of the molecule is O=C(c1cccc(S(=O)(=O)N2CCOCC2)c1)N1CCCC1CC1CCCCC1. The number of rotatable bonds is 5. The molecule has 1 unspecified atom stereocenters. The second kappa shape index (κ2) is 9.14. The Labute approximate surface area is 174 Å². The molecule has 160 valence electrons. The first-order chi connectivity index (χ1) is 14.1. The Morgan fingerprint density at radius 1 is 1.00 bits per heavy atom. The van der Waals surface area contributed by atoms with Gasteiger partial charge in [-0.1, -0.05) is 38.2 Å². The lowest BCUT2D eigenvalue weighted by Gasteiger charge is -2.30. The van der Waals surface area contributed by atoms with Crippen LogP contribution < -0.4 is 0 Å². The van der Waals surface area contributed by atoms with Crippen LogP contribution in [0.5, 0.6) is 0 Å². The van der Waals surface area contributed by atoms with Crippen LogP contribution in [0.1, 0.15) is 61.7 Å². The van der Waals surface area contributed by atoms with E-state index >= 15 is 0 Å². The summed E-state index contributed by atoms with van der Waals surface area (Å²) in [5.74, 6) is 0.706. The lowest BCUT2D eigenvalue weighted by atomic mass is 9.84. The van der Waals surface area contributed by atoms with Crippen molar-refractivity contribution in [1.29, 1.82) is 0 Å². The van der Waals surface area contributed by atoms with E-state index < -0.39 is 10.0 Å². The maximum Gasteiger partial charge on any atom is 0.254 e. The highest BCUT2D eigenvalue weighted by Crippen LogP contribution is 2.33. The van der Waals surface area contributed by atoms with Gasteiger partial charge in [-0.25, -0.2) is 8.42 Å². The highest BCUT2D eigenvalue weighted by atomic mass is 32.2. The van der Waals surface area contributed by atoms with Crippen molar-refractivity contribution in [3.05, 3.63) is 29.8 Å². The Morgan fingerprint density at radius 2 is 1.76 bits per heavy atom. The van der Waals surface area contributed by atoms with E-state index in [0.717, 1.165) is 31.7 Å². The average Bonchev–Trinajstić information content (AvgIpc) is 3.22. The molecule has 2 aliphatic heterocycles. The van der Waals surface area contributed by atoms with Gasteiger partial charge in [-0.2, -0.15) is 4.31 Å². The molecule has 7 heteroatoms. The smallest absolute Gasteiger partial charge is 0.254 e. The number of carbonyl (C=O) groups is 1. The van der Waals surface area contributed by atoms with Crippen LogP contribution in [-0.4, -0.2) is 62.4 Å². The first kappa shape index (κ1) is 20.8. The number of nitrogens with zero attached hydrogens (tertiary/aromatic N) is 2. The Kier molecular flexibility index (Phi) is 6.56. The van der Waals surface area contributed by atoms with Crippen molar-refractivity contribution in [1.82, 2.24) is 9.21 Å². The molecular formula is C22H32N2O4S. The highest BCUT2D eigenvalue weighted by Gasteiger charge is 2.33. The standard InChI is InChI=1S/C22H32N2O4S/c25-22(24-11-5-9-20(24)16-18-6-2-1-3-7-18)19-8-4-10-21(17-19)29(26,27)23-12-14-28-15-13-23/h4,8,10,17-18,20H,1-3,5-7,9,11-16H2. The zero-order valence-corrected chi connectivity index (χ0v) is 17.9. The monoisotopic (exact) mass is 420 g/mol. The van der Waals surface area contributed by atoms with Gasteiger partial charge in [-0.3, -0.25) is 4.79 Å². The predicted octanol–water partition coefficient (Wildman–Crippen LogP) is 3.28. The van der Waals surface area contributed by atoms with Gasteiger partial charge >= 0.3 is 0 Å². The molecule has 1 saturated carbocycles. The largest absolute Gasteiger partial charge is 0.379 e. The molecular weight excluding hydrogens is 388 g/mol. The van der Waals surface area contributed by atoms with Crippen LogP contribution in [-0.2, 0) is 14.8 Å². The van der Waals surface area contributed by atoms with E-state index in [-0.39, 0.29) is 10.8 Å². The zero-order chi connectivity index (χ0) is 20.3. The van der Waals surface area contributed by atoms with Crippen molar-refractivity contribution < 1.29 is 17.9 Å². The Bertz CT molecular complexity index is 814. The molecule has 0 aromatic heterocycles. The molecule has 1 aliphatic carbocycles. The van der Waals surface area contributed by atoms with E-state index in [2.05, 4.69) is 0 Å². The first-order valence-corrected chi connectivity index (χ1v) is 12.5. The molecule has 1 amide bonds. The minimum atomic E-state index is -3.60. The maximum absolute atomic E-state index is 13.3. The van der Waals surface area contributed by atoms with E-state index in [4.69, 9.17) is 4.74 Å². The van der Waals surface area contributed by atoms with Crippen LogP contribution >= 0.6 is 0 Å². The van der Waals surface area contributed by atoms with E-state index in [9.17, 15) is 13.2 Å². The van der Waals surface area contributed by atoms with Gasteiger partial charge in [0, 0.05) is 31.2 Å². The second-order valence-electron chi connectivity index (χ2n) is 8.58. The predicted molar refractivity (Wildman–Crippen MR) is 111 cm³/mol. The first-order valence-electron chi connectivity index (χ1n) is 11.0. The van der Waals surface area contributed by atoms with E-state index in [0.29, 0.717) is 37.9 Å². The number of likely N-dealkylation sites (tertiary alicyclic amines) is 1. The summed E-state index contributed by atoms with van der Waals surface area (Å²) in [4.78, 5) is 15.4. The fraction of sp³-hybridized carbons (Fsp3) is 0.682. The molecule has 3 aliphatic rings. The summed E-state index contributed by atoms with van der Waals surface area (Å²) in [6.07, 6.45) is 9.73. The summed E-state index contributed by atoms with van der Waals surface area (Å²) in [7, 11) is -3.60. The van der Waals surface area contributed by atoms with Gasteiger partial charge in [0.1, 0.15) is 0 Å². The number of morpholine rings is 1. The quantitative estimate of drug-likeness (QED) is 0.733. The van der Waals surface area contributed by atoms with Gasteiger partial charge in [0.25, 0.3) is 5.91 Å². The van der Waals surface area contributed by atoms with Crippen molar-refractivity contribution >= 4 is 15.9 Å². The van der Waals surface area contributed by atoms with Gasteiger partial charge in [0.05, 0.1) is 18.1 Å². The van der Waals surface area contributed by atoms with Crippen molar-refractivity contribution in [2.24, 2.45) is 5.92 Å². The van der Waals surface area contributed by atoms with Gasteiger partial charge < -0.3 is 9.64 Å². The Balaban J connectivity index is 1.49. The van der Waals surface area contributed by atoms with Crippen LogP contribution in [0.25, 0.3) is 0 Å². The summed E-state index contributed by atoms with van der Waals surface area (Å²) in [5.41, 5.74) is 0.481. The molecule has 0 N–H and O–H groups in total. The molecule has 0 radical (unpaired) electrons. The van der Waals surface area contributed by atoms with Gasteiger partial charge in [0.2, 0.25) is 10.0 Å². The summed E-state index contributed by atoms with van der Waals surface area (Å²) >= 11 is 0. The number of benzene rings is 1. The second-order valence-corrected chi connectivity index (χ2v) is 10.5. The molecule has 0 spiro atoms. The van der Waals surface area contributed by atoms with E-state index in [1.54, 1.807) is 24.3 Å². The summed E-state index contributed by atoms with van der Waals surface area (Å²) in [6.45, 7) is 2.31. The maximum atomic E-state index is 13.3. The summed E-state index contributed by atoms with van der Waals surface area (Å²) in [6, 6.07) is 6.88. The topological polar surface area (TPSA) is 66.9 Å². The number of amides is 1. The minimum Gasteiger partial charge on any atom is -0.379 e. The van der Waals surface area contributed by atoms with E-state index in [1.165, 1.54) is 36.4 Å². The molecule has 2 saturated heterocycles. The third kappa shape index (κ3) is 4.67. The minimum absolute atomic E-state index is 0.0256. The van der Waals surface area contributed by atoms with Gasteiger partial charge in [-0.05, 0) is 43.4 Å².